The van der Waals surface area contributed by atoms with Gasteiger partial charge in [0.2, 0.25) is 6.46 Å². The molecule has 0 aliphatic rings. The van der Waals surface area contributed by atoms with Crippen LogP contribution < -0.4 is 15.9 Å². The Hall–Kier alpha value is -1.47. The Morgan fingerprint density at radius 3 is 1.09 bits per heavy atom. The van der Waals surface area contributed by atoms with Crippen LogP contribution >= 0.6 is 17.1 Å². The van der Waals surface area contributed by atoms with Crippen molar-refractivity contribution in [3.63, 3.8) is 0 Å². The quantitative estimate of drug-likeness (QED) is 0.519. The van der Waals surface area contributed by atoms with Crippen LogP contribution in [0.25, 0.3) is 0 Å². The maximum absolute atomic E-state index is 12.8. The predicted molar refractivity (Wildman–Crippen MR) is 99.1 cm³/mol. The van der Waals surface area contributed by atoms with Gasteiger partial charge < -0.3 is 0 Å². The second kappa shape index (κ2) is 6.75. The lowest BCUT2D eigenvalue weighted by molar-refractivity contribution is 0.698. The van der Waals surface area contributed by atoms with Crippen molar-refractivity contribution in [2.24, 2.45) is 0 Å². The summed E-state index contributed by atoms with van der Waals surface area (Å²) in [7, 11) is 4.79. The molecule has 4 heteroatoms. The molecule has 1 atom stereocenters. The summed E-state index contributed by atoms with van der Waals surface area (Å²) in [6.07, 6.45) is 0. The molecule has 0 saturated carbocycles. The van der Waals surface area contributed by atoms with Crippen LogP contribution in [0.2, 0.25) is 0 Å². The molecule has 0 aromatic heterocycles. The SMILES string of the molecule is O=S(Cl)[P+](c1ccccc1)(c1ccccc1)c1ccccc1. The molecule has 0 aliphatic carbocycles. The van der Waals surface area contributed by atoms with Gasteiger partial charge in [-0.05, 0) is 36.4 Å². The first-order valence-corrected chi connectivity index (χ1v) is 11.3. The van der Waals surface area contributed by atoms with Crippen molar-refractivity contribution in [1.82, 2.24) is 0 Å². The van der Waals surface area contributed by atoms with E-state index in [1.165, 1.54) is 0 Å². The van der Waals surface area contributed by atoms with Gasteiger partial charge >= 0.3 is 0 Å². The Bertz CT molecular complexity index is 666. The van der Waals surface area contributed by atoms with Crippen LogP contribution in [0.15, 0.2) is 91.0 Å². The second-order valence-corrected chi connectivity index (χ2v) is 12.1. The Balaban J connectivity index is 2.37. The van der Waals surface area contributed by atoms with Crippen LogP contribution in [0.4, 0.5) is 0 Å². The molecule has 3 aromatic rings. The van der Waals surface area contributed by atoms with Gasteiger partial charge in [0.1, 0.15) is 15.9 Å². The van der Waals surface area contributed by atoms with E-state index < -0.39 is 16.1 Å². The van der Waals surface area contributed by atoms with E-state index in [0.29, 0.717) is 0 Å². The van der Waals surface area contributed by atoms with Gasteiger partial charge in [0.05, 0.1) is 0 Å². The summed E-state index contributed by atoms with van der Waals surface area (Å²) in [5, 5.41) is 3.09. The smallest absolute Gasteiger partial charge is 0.199 e. The fourth-order valence-corrected chi connectivity index (χ4v) is 10.5. The average molecular weight is 346 g/mol. The van der Waals surface area contributed by atoms with Crippen molar-refractivity contribution >= 4 is 42.7 Å². The van der Waals surface area contributed by atoms with Crippen LogP contribution in [-0.4, -0.2) is 4.21 Å². The zero-order valence-corrected chi connectivity index (χ0v) is 14.3. The van der Waals surface area contributed by atoms with Gasteiger partial charge in [0.25, 0.3) is 9.63 Å². The number of benzene rings is 3. The maximum Gasteiger partial charge on any atom is 0.271 e. The van der Waals surface area contributed by atoms with E-state index in [2.05, 4.69) is 0 Å². The van der Waals surface area contributed by atoms with Crippen molar-refractivity contribution < 1.29 is 4.21 Å². The summed E-state index contributed by atoms with van der Waals surface area (Å²) in [5.74, 6) is 0. The summed E-state index contributed by atoms with van der Waals surface area (Å²) >= 11 is 0. The van der Waals surface area contributed by atoms with E-state index in [1.807, 2.05) is 91.0 Å². The molecule has 1 unspecified atom stereocenters. The highest BCUT2D eigenvalue weighted by Gasteiger charge is 2.52. The van der Waals surface area contributed by atoms with E-state index >= 15 is 0 Å². The molecule has 110 valence electrons. The third-order valence-corrected chi connectivity index (χ3v) is 12.1. The summed E-state index contributed by atoms with van der Waals surface area (Å²) in [6, 6.07) is 29.9. The van der Waals surface area contributed by atoms with E-state index in [4.69, 9.17) is 10.7 Å². The first-order chi connectivity index (χ1) is 10.8. The normalized spacial score (nSPS) is 12.8. The van der Waals surface area contributed by atoms with E-state index in [1.54, 1.807) is 0 Å². The highest BCUT2D eigenvalue weighted by Crippen LogP contribution is 2.60. The standard InChI is InChI=1S/C18H15ClOPS/c19-22(20)21(16-10-4-1-5-11-16,17-12-6-2-7-13-17)18-14-8-3-9-15-18/h1-15H/q+1. The van der Waals surface area contributed by atoms with Gasteiger partial charge in [0, 0.05) is 10.7 Å². The average Bonchev–Trinajstić information content (AvgIpc) is 2.58. The van der Waals surface area contributed by atoms with E-state index in [0.717, 1.165) is 15.9 Å². The molecule has 0 spiro atoms. The number of halogens is 1. The molecule has 0 bridgehead atoms. The van der Waals surface area contributed by atoms with Crippen molar-refractivity contribution in [2.75, 3.05) is 0 Å². The third-order valence-electron chi connectivity index (χ3n) is 3.57. The van der Waals surface area contributed by atoms with Gasteiger partial charge in [0.15, 0.2) is 0 Å². The molecule has 0 aliphatic heterocycles. The van der Waals surface area contributed by atoms with Crippen molar-refractivity contribution in [3.05, 3.63) is 91.0 Å². The zero-order chi connectivity index (χ0) is 15.4. The number of rotatable bonds is 4. The molecule has 0 saturated heterocycles. The molecule has 3 aromatic carbocycles. The van der Waals surface area contributed by atoms with Gasteiger partial charge in [-0.15, -0.1) is 0 Å². The van der Waals surface area contributed by atoms with Crippen LogP contribution in [0.3, 0.4) is 0 Å². The lowest BCUT2D eigenvalue weighted by Gasteiger charge is -2.22. The van der Waals surface area contributed by atoms with Crippen LogP contribution in [-0.2, 0) is 9.63 Å². The third kappa shape index (κ3) is 2.63. The second-order valence-electron chi connectivity index (χ2n) is 4.82. The Labute approximate surface area is 138 Å². The van der Waals surface area contributed by atoms with Gasteiger partial charge in [-0.3, -0.25) is 0 Å². The Kier molecular flexibility index (Phi) is 4.73. The highest BCUT2D eigenvalue weighted by molar-refractivity contribution is 8.70. The lowest BCUT2D eigenvalue weighted by Crippen LogP contribution is -2.32. The molecule has 0 N–H and O–H groups in total. The fourth-order valence-electron chi connectivity index (χ4n) is 2.61. The molecule has 1 nitrogen and oxygen atoms in total. The van der Waals surface area contributed by atoms with Crippen LogP contribution in [0.1, 0.15) is 0 Å². The summed E-state index contributed by atoms with van der Waals surface area (Å²) in [5.41, 5.74) is 0. The topological polar surface area (TPSA) is 17.1 Å². The molecular formula is C18H15ClOPS+. The van der Waals surface area contributed by atoms with Gasteiger partial charge in [-0.2, -0.15) is 4.21 Å². The monoisotopic (exact) mass is 345 g/mol. The molecule has 3 rings (SSSR count). The van der Waals surface area contributed by atoms with Crippen LogP contribution in [0, 0.1) is 0 Å². The molecule has 0 fully saturated rings. The number of hydrogen-bond acceptors (Lipinski definition) is 1. The minimum atomic E-state index is -2.39. The van der Waals surface area contributed by atoms with Crippen molar-refractivity contribution in [3.8, 4) is 0 Å². The summed E-state index contributed by atoms with van der Waals surface area (Å²) in [6.45, 7) is -2.39. The lowest BCUT2D eigenvalue weighted by atomic mass is 10.4. The van der Waals surface area contributed by atoms with Crippen LogP contribution in [0.5, 0.6) is 0 Å². The molecule has 0 amide bonds. The number of hydrogen-bond donors (Lipinski definition) is 0. The fraction of sp³-hybridized carbons (Fsp3) is 0. The van der Waals surface area contributed by atoms with Gasteiger partial charge in [-0.1, -0.05) is 54.6 Å². The molecule has 22 heavy (non-hydrogen) atoms. The summed E-state index contributed by atoms with van der Waals surface area (Å²) in [4.78, 5) is 0. The highest BCUT2D eigenvalue weighted by atomic mass is 35.7. The zero-order valence-electron chi connectivity index (χ0n) is 11.8. The van der Waals surface area contributed by atoms with E-state index in [9.17, 15) is 4.21 Å². The first kappa shape index (κ1) is 15.4. The predicted octanol–water partition coefficient (Wildman–Crippen LogP) is 3.80. The van der Waals surface area contributed by atoms with E-state index in [-0.39, 0.29) is 0 Å². The Morgan fingerprint density at radius 1 is 0.591 bits per heavy atom. The maximum atomic E-state index is 12.8. The Morgan fingerprint density at radius 2 is 0.864 bits per heavy atom. The first-order valence-electron chi connectivity index (χ1n) is 6.91. The largest absolute Gasteiger partial charge is 0.271 e. The minimum absolute atomic E-state index is 1.03. The minimum Gasteiger partial charge on any atom is -0.199 e. The van der Waals surface area contributed by atoms with Crippen molar-refractivity contribution in [1.29, 1.82) is 0 Å². The summed E-state index contributed by atoms with van der Waals surface area (Å²) < 4.78 is 12.8. The van der Waals surface area contributed by atoms with Crippen molar-refractivity contribution in [2.45, 2.75) is 0 Å². The van der Waals surface area contributed by atoms with Gasteiger partial charge in [-0.25, -0.2) is 0 Å². The molecular weight excluding hydrogens is 331 g/mol. The molecule has 0 radical (unpaired) electrons. The molecule has 0 heterocycles.